The second-order valence-corrected chi connectivity index (χ2v) is 4.12. The van der Waals surface area contributed by atoms with Gasteiger partial charge in [-0.15, -0.1) is 0 Å². The van der Waals surface area contributed by atoms with Crippen LogP contribution in [-0.2, 0) is 6.54 Å². The Bertz CT molecular complexity index is 428. The minimum Gasteiger partial charge on any atom is -0.386 e. The Morgan fingerprint density at radius 1 is 1.33 bits per heavy atom. The minimum atomic E-state index is -0.541. The Balaban J connectivity index is 2.15. The molecule has 0 radical (unpaired) electrons. The van der Waals surface area contributed by atoms with Gasteiger partial charge in [-0.2, -0.15) is 5.10 Å². The minimum absolute atomic E-state index is 0.468. The monoisotopic (exact) mass is 266 g/mol. The fourth-order valence-electron chi connectivity index (χ4n) is 1.43. The maximum absolute atomic E-state index is 9.98. The molecule has 0 aliphatic heterocycles. The van der Waals surface area contributed by atoms with Crippen LogP contribution in [0.5, 0.6) is 0 Å². The van der Waals surface area contributed by atoms with Crippen molar-refractivity contribution in [3.05, 3.63) is 52.8 Å². The van der Waals surface area contributed by atoms with Gasteiger partial charge in [-0.05, 0) is 17.7 Å². The second kappa shape index (κ2) is 4.59. The van der Waals surface area contributed by atoms with Crippen LogP contribution in [0.3, 0.4) is 0 Å². The molecule has 0 aliphatic rings. The molecular formula is C11H11BrN2O. The van der Waals surface area contributed by atoms with Crippen LogP contribution >= 0.6 is 15.9 Å². The largest absolute Gasteiger partial charge is 0.386 e. The molecule has 0 saturated heterocycles. The van der Waals surface area contributed by atoms with Gasteiger partial charge in [-0.25, -0.2) is 0 Å². The van der Waals surface area contributed by atoms with E-state index in [1.165, 1.54) is 0 Å². The average molecular weight is 267 g/mol. The Hall–Kier alpha value is -1.13. The normalized spacial score (nSPS) is 12.7. The standard InChI is InChI=1S/C11H11BrN2O/c12-10-5-2-1-4-9(10)11(15)8-14-7-3-6-13-14/h1-7,11,15H,8H2. The zero-order chi connectivity index (χ0) is 10.7. The summed E-state index contributed by atoms with van der Waals surface area (Å²) in [5.41, 5.74) is 0.882. The van der Waals surface area contributed by atoms with Crippen molar-refractivity contribution in [1.82, 2.24) is 9.78 Å². The molecule has 0 aliphatic carbocycles. The molecule has 2 rings (SSSR count). The molecule has 0 amide bonds. The smallest absolute Gasteiger partial charge is 0.0996 e. The highest BCUT2D eigenvalue weighted by Crippen LogP contribution is 2.23. The molecule has 15 heavy (non-hydrogen) atoms. The van der Waals surface area contributed by atoms with E-state index in [1.807, 2.05) is 36.5 Å². The number of aliphatic hydroxyl groups is 1. The van der Waals surface area contributed by atoms with Gasteiger partial charge in [-0.1, -0.05) is 34.1 Å². The first-order chi connectivity index (χ1) is 7.27. The summed E-state index contributed by atoms with van der Waals surface area (Å²) in [4.78, 5) is 0. The summed E-state index contributed by atoms with van der Waals surface area (Å²) in [5, 5.41) is 14.0. The molecule has 1 heterocycles. The zero-order valence-corrected chi connectivity index (χ0v) is 9.63. The molecule has 1 unspecified atom stereocenters. The number of rotatable bonds is 3. The predicted octanol–water partition coefficient (Wildman–Crippen LogP) is 2.38. The molecule has 1 aromatic carbocycles. The van der Waals surface area contributed by atoms with E-state index in [9.17, 15) is 5.11 Å². The molecule has 2 aromatic rings. The number of hydrogen-bond donors (Lipinski definition) is 1. The summed E-state index contributed by atoms with van der Waals surface area (Å²) < 4.78 is 2.63. The molecule has 1 aromatic heterocycles. The van der Waals surface area contributed by atoms with Gasteiger partial charge in [0.2, 0.25) is 0 Å². The first-order valence-electron chi connectivity index (χ1n) is 4.67. The van der Waals surface area contributed by atoms with Crippen molar-refractivity contribution in [2.24, 2.45) is 0 Å². The van der Waals surface area contributed by atoms with Crippen LogP contribution in [0.25, 0.3) is 0 Å². The van der Waals surface area contributed by atoms with Gasteiger partial charge in [-0.3, -0.25) is 4.68 Å². The number of aliphatic hydroxyl groups excluding tert-OH is 1. The van der Waals surface area contributed by atoms with Crippen LogP contribution < -0.4 is 0 Å². The molecule has 1 atom stereocenters. The van der Waals surface area contributed by atoms with Crippen LogP contribution in [0, 0.1) is 0 Å². The van der Waals surface area contributed by atoms with Gasteiger partial charge >= 0.3 is 0 Å². The van der Waals surface area contributed by atoms with Gasteiger partial charge in [0.05, 0.1) is 12.6 Å². The summed E-state index contributed by atoms with van der Waals surface area (Å²) in [6.07, 6.45) is 2.99. The van der Waals surface area contributed by atoms with Gasteiger partial charge in [0.1, 0.15) is 0 Å². The maximum atomic E-state index is 9.98. The van der Waals surface area contributed by atoms with E-state index < -0.39 is 6.10 Å². The van der Waals surface area contributed by atoms with Crippen LogP contribution in [0.2, 0.25) is 0 Å². The Labute approximate surface area is 96.5 Å². The van der Waals surface area contributed by atoms with E-state index in [0.29, 0.717) is 6.54 Å². The number of hydrogen-bond acceptors (Lipinski definition) is 2. The highest BCUT2D eigenvalue weighted by atomic mass is 79.9. The first kappa shape index (κ1) is 10.4. The van der Waals surface area contributed by atoms with E-state index in [0.717, 1.165) is 10.0 Å². The van der Waals surface area contributed by atoms with Gasteiger partial charge in [0, 0.05) is 16.9 Å². The molecule has 0 spiro atoms. The van der Waals surface area contributed by atoms with Crippen LogP contribution in [-0.4, -0.2) is 14.9 Å². The molecule has 0 bridgehead atoms. The fraction of sp³-hybridized carbons (Fsp3) is 0.182. The molecule has 0 fully saturated rings. The highest BCUT2D eigenvalue weighted by molar-refractivity contribution is 9.10. The van der Waals surface area contributed by atoms with Gasteiger partial charge in [0.15, 0.2) is 0 Å². The van der Waals surface area contributed by atoms with Crippen molar-refractivity contribution >= 4 is 15.9 Å². The molecular weight excluding hydrogens is 256 g/mol. The van der Waals surface area contributed by atoms with Crippen molar-refractivity contribution in [3.63, 3.8) is 0 Å². The van der Waals surface area contributed by atoms with Gasteiger partial charge < -0.3 is 5.11 Å². The lowest BCUT2D eigenvalue weighted by atomic mass is 10.1. The third-order valence-corrected chi connectivity index (χ3v) is 2.91. The Morgan fingerprint density at radius 2 is 2.13 bits per heavy atom. The SMILES string of the molecule is OC(Cn1cccn1)c1ccccc1Br. The van der Waals surface area contributed by atoms with Crippen LogP contribution in [0.15, 0.2) is 47.2 Å². The average Bonchev–Trinajstić information content (AvgIpc) is 2.71. The summed E-state index contributed by atoms with van der Waals surface area (Å²) in [5.74, 6) is 0. The Kier molecular flexibility index (Phi) is 3.18. The fourth-order valence-corrected chi connectivity index (χ4v) is 1.98. The van der Waals surface area contributed by atoms with Crippen LogP contribution in [0.1, 0.15) is 11.7 Å². The Morgan fingerprint density at radius 3 is 2.80 bits per heavy atom. The quantitative estimate of drug-likeness (QED) is 0.927. The summed E-state index contributed by atoms with van der Waals surface area (Å²) in [6.45, 7) is 0.468. The second-order valence-electron chi connectivity index (χ2n) is 3.27. The van der Waals surface area contributed by atoms with Crippen LogP contribution in [0.4, 0.5) is 0 Å². The van der Waals surface area contributed by atoms with E-state index in [1.54, 1.807) is 10.9 Å². The van der Waals surface area contributed by atoms with E-state index in [4.69, 9.17) is 0 Å². The first-order valence-corrected chi connectivity index (χ1v) is 5.46. The van der Waals surface area contributed by atoms with Crippen molar-refractivity contribution in [3.8, 4) is 0 Å². The zero-order valence-electron chi connectivity index (χ0n) is 8.05. The molecule has 78 valence electrons. The summed E-state index contributed by atoms with van der Waals surface area (Å²) in [6, 6.07) is 9.49. The molecule has 3 nitrogen and oxygen atoms in total. The highest BCUT2D eigenvalue weighted by Gasteiger charge is 2.10. The lowest BCUT2D eigenvalue weighted by molar-refractivity contribution is 0.151. The molecule has 4 heteroatoms. The van der Waals surface area contributed by atoms with Gasteiger partial charge in [0.25, 0.3) is 0 Å². The van der Waals surface area contributed by atoms with E-state index in [2.05, 4.69) is 21.0 Å². The van der Waals surface area contributed by atoms with Crippen molar-refractivity contribution < 1.29 is 5.11 Å². The maximum Gasteiger partial charge on any atom is 0.0996 e. The van der Waals surface area contributed by atoms with Crippen molar-refractivity contribution in [1.29, 1.82) is 0 Å². The predicted molar refractivity (Wildman–Crippen MR) is 61.3 cm³/mol. The lowest BCUT2D eigenvalue weighted by Crippen LogP contribution is -2.09. The summed E-state index contributed by atoms with van der Waals surface area (Å²) >= 11 is 3.41. The molecule has 0 saturated carbocycles. The third kappa shape index (κ3) is 2.46. The number of halogens is 1. The molecule has 1 N–H and O–H groups in total. The van der Waals surface area contributed by atoms with Crippen molar-refractivity contribution in [2.45, 2.75) is 12.6 Å². The number of aromatic nitrogens is 2. The number of benzene rings is 1. The van der Waals surface area contributed by atoms with E-state index in [-0.39, 0.29) is 0 Å². The summed E-state index contributed by atoms with van der Waals surface area (Å²) in [7, 11) is 0. The lowest BCUT2D eigenvalue weighted by Gasteiger charge is -2.12. The topological polar surface area (TPSA) is 38.0 Å². The number of nitrogens with zero attached hydrogens (tertiary/aromatic N) is 2. The third-order valence-electron chi connectivity index (χ3n) is 2.18. The van der Waals surface area contributed by atoms with E-state index >= 15 is 0 Å². The van der Waals surface area contributed by atoms with Crippen molar-refractivity contribution in [2.75, 3.05) is 0 Å².